The number of ether oxygens (including phenoxy) is 1. The summed E-state index contributed by atoms with van der Waals surface area (Å²) in [7, 11) is 0. The molecule has 2 heterocycles. The summed E-state index contributed by atoms with van der Waals surface area (Å²) in [6.45, 7) is 5.79. The van der Waals surface area contributed by atoms with Gasteiger partial charge in [-0.2, -0.15) is 11.8 Å². The highest BCUT2D eigenvalue weighted by molar-refractivity contribution is 7.99. The minimum Gasteiger partial charge on any atom is -0.364 e. The minimum absolute atomic E-state index is 0. The van der Waals surface area contributed by atoms with Crippen LogP contribution < -0.4 is 11.1 Å². The first-order valence-corrected chi connectivity index (χ1v) is 9.88. The van der Waals surface area contributed by atoms with Gasteiger partial charge in [-0.15, -0.1) is 24.8 Å². The Balaban J connectivity index is 0.00000169. The van der Waals surface area contributed by atoms with Gasteiger partial charge in [0.25, 0.3) is 5.91 Å². The fourth-order valence-corrected chi connectivity index (χ4v) is 4.25. The van der Waals surface area contributed by atoms with Crippen molar-refractivity contribution in [3.05, 3.63) is 29.3 Å². The molecule has 1 amide bonds. The van der Waals surface area contributed by atoms with Gasteiger partial charge in [0.15, 0.2) is 0 Å². The number of carbonyl (C=O) groups excluding carboxylic acids is 1. The highest BCUT2D eigenvalue weighted by atomic mass is 35.5. The number of anilines is 1. The molecule has 0 aliphatic carbocycles. The zero-order valence-corrected chi connectivity index (χ0v) is 17.6. The Morgan fingerprint density at radius 3 is 2.69 bits per heavy atom. The van der Waals surface area contributed by atoms with Crippen LogP contribution in [0.2, 0.25) is 0 Å². The van der Waals surface area contributed by atoms with Gasteiger partial charge in [0, 0.05) is 43.4 Å². The quantitative estimate of drug-likeness (QED) is 0.764. The van der Waals surface area contributed by atoms with E-state index in [4.69, 9.17) is 10.5 Å². The van der Waals surface area contributed by atoms with Crippen molar-refractivity contribution in [3.63, 3.8) is 0 Å². The monoisotopic (exact) mass is 421 g/mol. The molecule has 0 bridgehead atoms. The highest BCUT2D eigenvalue weighted by Crippen LogP contribution is 2.24. The Morgan fingerprint density at radius 2 is 2.04 bits per heavy atom. The van der Waals surface area contributed by atoms with Crippen LogP contribution in [0.3, 0.4) is 0 Å². The first-order valence-electron chi connectivity index (χ1n) is 8.72. The Hall–Kier alpha value is -0.500. The molecule has 2 saturated heterocycles. The van der Waals surface area contributed by atoms with Gasteiger partial charge in [0.1, 0.15) is 6.10 Å². The molecule has 0 aromatic heterocycles. The molecule has 26 heavy (non-hydrogen) atoms. The molecule has 2 aliphatic heterocycles. The van der Waals surface area contributed by atoms with Crippen LogP contribution in [0.1, 0.15) is 24.0 Å². The van der Waals surface area contributed by atoms with Gasteiger partial charge in [-0.1, -0.05) is 12.1 Å². The van der Waals surface area contributed by atoms with E-state index < -0.39 is 0 Å². The second-order valence-corrected chi connectivity index (χ2v) is 7.75. The average Bonchev–Trinajstić information content (AvgIpc) is 3.09. The van der Waals surface area contributed by atoms with Crippen LogP contribution in [0.5, 0.6) is 0 Å². The number of benzene rings is 1. The normalized spacial score (nSPS) is 23.0. The van der Waals surface area contributed by atoms with E-state index >= 15 is 0 Å². The van der Waals surface area contributed by atoms with E-state index in [1.54, 1.807) is 0 Å². The van der Waals surface area contributed by atoms with Gasteiger partial charge in [-0.25, -0.2) is 0 Å². The molecule has 1 aromatic rings. The van der Waals surface area contributed by atoms with E-state index in [0.29, 0.717) is 6.54 Å². The third kappa shape index (κ3) is 6.01. The lowest BCUT2D eigenvalue weighted by molar-refractivity contribution is -0.126. The van der Waals surface area contributed by atoms with E-state index in [9.17, 15) is 4.79 Å². The molecule has 0 saturated carbocycles. The van der Waals surface area contributed by atoms with Crippen molar-refractivity contribution in [2.75, 3.05) is 36.5 Å². The smallest absolute Gasteiger partial charge is 0.253 e. The maximum atomic E-state index is 12.4. The van der Waals surface area contributed by atoms with Crippen molar-refractivity contribution in [2.24, 2.45) is 5.73 Å². The van der Waals surface area contributed by atoms with Gasteiger partial charge >= 0.3 is 0 Å². The molecule has 8 heteroatoms. The molecule has 0 unspecified atom stereocenters. The third-order valence-corrected chi connectivity index (χ3v) is 5.81. The van der Waals surface area contributed by atoms with E-state index in [1.807, 2.05) is 23.9 Å². The minimum atomic E-state index is -0.374. The van der Waals surface area contributed by atoms with Gasteiger partial charge in [0.2, 0.25) is 0 Å². The Labute approximate surface area is 172 Å². The average molecular weight is 422 g/mol. The predicted molar refractivity (Wildman–Crippen MR) is 114 cm³/mol. The largest absolute Gasteiger partial charge is 0.364 e. The van der Waals surface area contributed by atoms with Gasteiger partial charge < -0.3 is 15.8 Å². The van der Waals surface area contributed by atoms with Crippen LogP contribution in [0, 0.1) is 6.92 Å². The molecular weight excluding hydrogens is 393 g/mol. The number of nitrogens with one attached hydrogen (secondary N) is 1. The second kappa shape index (κ2) is 11.4. The molecule has 3 rings (SSSR count). The van der Waals surface area contributed by atoms with Crippen molar-refractivity contribution in [1.82, 2.24) is 4.90 Å². The third-order valence-electron chi connectivity index (χ3n) is 4.86. The molecule has 2 fully saturated rings. The molecule has 1 aromatic carbocycles. The van der Waals surface area contributed by atoms with Crippen LogP contribution in [-0.4, -0.2) is 54.2 Å². The number of nitrogens with two attached hydrogens (primary N) is 1. The molecule has 3 N–H and O–H groups in total. The van der Waals surface area contributed by atoms with Crippen LogP contribution >= 0.6 is 36.6 Å². The molecule has 148 valence electrons. The van der Waals surface area contributed by atoms with Crippen molar-refractivity contribution < 1.29 is 9.53 Å². The molecule has 5 nitrogen and oxygen atoms in total. The first-order chi connectivity index (χ1) is 11.7. The zero-order chi connectivity index (χ0) is 16.9. The maximum Gasteiger partial charge on any atom is 0.253 e. The first kappa shape index (κ1) is 23.5. The number of rotatable bonds is 5. The van der Waals surface area contributed by atoms with Crippen molar-refractivity contribution in [1.29, 1.82) is 0 Å². The summed E-state index contributed by atoms with van der Waals surface area (Å²) >= 11 is 2.02. The van der Waals surface area contributed by atoms with Crippen LogP contribution in [-0.2, 0) is 16.1 Å². The van der Waals surface area contributed by atoms with Crippen molar-refractivity contribution >= 4 is 48.2 Å². The molecule has 2 atom stereocenters. The second-order valence-electron chi connectivity index (χ2n) is 6.53. The number of nitrogens with zero attached hydrogens (tertiary/aromatic N) is 1. The lowest BCUT2D eigenvalue weighted by Gasteiger charge is -2.27. The zero-order valence-electron chi connectivity index (χ0n) is 15.1. The molecule has 0 radical (unpaired) electrons. The maximum absolute atomic E-state index is 12.4. The molecule has 2 aliphatic rings. The van der Waals surface area contributed by atoms with Crippen molar-refractivity contribution in [3.8, 4) is 0 Å². The Kier molecular flexibility index (Phi) is 10.3. The summed E-state index contributed by atoms with van der Waals surface area (Å²) in [5, 5.41) is 3.05. The predicted octanol–water partition coefficient (Wildman–Crippen LogP) is 2.83. The lowest BCUT2D eigenvalue weighted by atomic mass is 10.1. The van der Waals surface area contributed by atoms with Crippen LogP contribution in [0.25, 0.3) is 0 Å². The van der Waals surface area contributed by atoms with Crippen LogP contribution in [0.15, 0.2) is 18.2 Å². The van der Waals surface area contributed by atoms with Gasteiger partial charge in [-0.05, 0) is 37.0 Å². The highest BCUT2D eigenvalue weighted by Gasteiger charge is 2.30. The number of carbonyl (C=O) groups is 1. The fourth-order valence-electron chi connectivity index (χ4n) is 3.28. The number of hydrogen-bond acceptors (Lipinski definition) is 5. The topological polar surface area (TPSA) is 67.6 Å². The summed E-state index contributed by atoms with van der Waals surface area (Å²) in [6.07, 6.45) is 1.25. The van der Waals surface area contributed by atoms with E-state index in [2.05, 4.69) is 23.2 Å². The van der Waals surface area contributed by atoms with Gasteiger partial charge in [0.05, 0.1) is 6.10 Å². The van der Waals surface area contributed by atoms with Crippen molar-refractivity contribution in [2.45, 2.75) is 38.5 Å². The van der Waals surface area contributed by atoms with E-state index in [1.165, 1.54) is 17.1 Å². The summed E-state index contributed by atoms with van der Waals surface area (Å²) in [5.74, 6) is 2.36. The van der Waals surface area contributed by atoms with E-state index in [0.717, 1.165) is 43.7 Å². The fraction of sp³-hybridized carbons (Fsp3) is 0.611. The number of halogens is 2. The lowest BCUT2D eigenvalue weighted by Crippen LogP contribution is -2.32. The Bertz CT molecular complexity index is 586. The molecule has 0 spiro atoms. The Morgan fingerprint density at radius 1 is 1.31 bits per heavy atom. The summed E-state index contributed by atoms with van der Waals surface area (Å²) in [5.41, 5.74) is 8.95. The van der Waals surface area contributed by atoms with Gasteiger partial charge in [-0.3, -0.25) is 9.69 Å². The van der Waals surface area contributed by atoms with E-state index in [-0.39, 0.29) is 42.9 Å². The summed E-state index contributed by atoms with van der Waals surface area (Å²) < 4.78 is 5.69. The number of thioether (sulfide) groups is 1. The summed E-state index contributed by atoms with van der Waals surface area (Å²) in [4.78, 5) is 14.9. The van der Waals surface area contributed by atoms with Crippen LogP contribution in [0.4, 0.5) is 5.69 Å². The summed E-state index contributed by atoms with van der Waals surface area (Å²) in [6, 6.07) is 6.15. The number of amides is 1. The number of hydrogen-bond donors (Lipinski definition) is 2. The molecular formula is C18H29Cl2N3O2S. The standard InChI is InChI=1S/C18H27N3O2S.2ClH/c1-13-14(12-21-7-9-24-10-8-21)3-2-4-16(13)20-18(22)17-6-5-15(11-19)23-17;;/h2-4,15,17H,5-12,19H2,1H3,(H,20,22);2*1H/t15-,17+;;/m1../s1. The SMILES string of the molecule is Cc1c(CN2CCSCC2)cccc1NC(=O)[C@@H]1CC[C@H](CN)O1.Cl.Cl.